The van der Waals surface area contributed by atoms with Crippen molar-refractivity contribution in [3.8, 4) is 0 Å². The van der Waals surface area contributed by atoms with Crippen molar-refractivity contribution in [3.05, 3.63) is 70.9 Å². The van der Waals surface area contributed by atoms with Gasteiger partial charge < -0.3 is 36.0 Å². The molecular formula is C28H34N8O4. The highest BCUT2D eigenvalue weighted by atomic mass is 16.5. The summed E-state index contributed by atoms with van der Waals surface area (Å²) in [7, 11) is 0. The number of aromatic nitrogens is 3. The van der Waals surface area contributed by atoms with Crippen LogP contribution in [0.25, 0.3) is 0 Å². The second-order valence-corrected chi connectivity index (χ2v) is 10.0. The summed E-state index contributed by atoms with van der Waals surface area (Å²) in [6, 6.07) is 14.4. The Morgan fingerprint density at radius 1 is 1.02 bits per heavy atom. The van der Waals surface area contributed by atoms with Crippen LogP contribution in [0, 0.1) is 6.92 Å². The number of nitrogens with one attached hydrogen (secondary N) is 2. The summed E-state index contributed by atoms with van der Waals surface area (Å²) in [6.07, 6.45) is 0.286. The first kappa shape index (κ1) is 27.4. The highest BCUT2D eigenvalue weighted by Gasteiger charge is 2.26. The smallest absolute Gasteiger partial charge is 0.254 e. The van der Waals surface area contributed by atoms with Crippen LogP contribution in [-0.2, 0) is 4.74 Å². The summed E-state index contributed by atoms with van der Waals surface area (Å²) in [4.78, 5) is 33.9. The number of anilines is 3. The number of piperidine rings is 1. The normalized spacial score (nSPS) is 18.2. The van der Waals surface area contributed by atoms with E-state index in [2.05, 4.69) is 25.8 Å². The van der Waals surface area contributed by atoms with Crippen molar-refractivity contribution in [3.63, 3.8) is 0 Å². The maximum absolute atomic E-state index is 12.8. The number of aryl methyl sites for hydroxylation is 1. The van der Waals surface area contributed by atoms with Crippen LogP contribution in [-0.4, -0.2) is 82.4 Å². The second-order valence-electron chi connectivity index (χ2n) is 10.0. The van der Waals surface area contributed by atoms with Crippen LogP contribution in [0.15, 0.2) is 48.5 Å². The minimum absolute atomic E-state index is 0.0481. The van der Waals surface area contributed by atoms with Crippen molar-refractivity contribution in [2.24, 2.45) is 5.73 Å². The number of benzene rings is 2. The SMILES string of the molecule is Cc1ccc(C(=O)N[C@@H]2CCCN(c3nnc(C(N)O)c(Nc4ccc(C(=O)N5CCOCC5)cc4)n3)C2)cc1. The summed E-state index contributed by atoms with van der Waals surface area (Å²) < 4.78 is 5.33. The Balaban J connectivity index is 1.28. The first-order chi connectivity index (χ1) is 19.4. The lowest BCUT2D eigenvalue weighted by Crippen LogP contribution is -2.48. The first-order valence-corrected chi connectivity index (χ1v) is 13.4. The molecule has 5 N–H and O–H groups in total. The molecule has 0 saturated carbocycles. The van der Waals surface area contributed by atoms with Gasteiger partial charge in [-0.1, -0.05) is 17.7 Å². The fourth-order valence-corrected chi connectivity index (χ4v) is 4.78. The fraction of sp³-hybridized carbons (Fsp3) is 0.393. The molecule has 2 aliphatic rings. The summed E-state index contributed by atoms with van der Waals surface area (Å²) in [5, 5.41) is 24.7. The number of ether oxygens (including phenoxy) is 1. The Kier molecular flexibility index (Phi) is 8.48. The van der Waals surface area contributed by atoms with Crippen molar-refractivity contribution < 1.29 is 19.4 Å². The van der Waals surface area contributed by atoms with Crippen molar-refractivity contribution in [2.45, 2.75) is 32.0 Å². The van der Waals surface area contributed by atoms with Crippen LogP contribution in [0.5, 0.6) is 0 Å². The molecule has 2 aliphatic heterocycles. The molecule has 2 amide bonds. The van der Waals surface area contributed by atoms with Gasteiger partial charge in [-0.3, -0.25) is 9.59 Å². The monoisotopic (exact) mass is 546 g/mol. The largest absolute Gasteiger partial charge is 0.378 e. The molecular weight excluding hydrogens is 512 g/mol. The summed E-state index contributed by atoms with van der Waals surface area (Å²) in [5.41, 5.74) is 8.76. The zero-order chi connectivity index (χ0) is 28.1. The molecule has 0 bridgehead atoms. The number of carbonyl (C=O) groups is 2. The molecule has 0 aliphatic carbocycles. The number of aliphatic hydroxyl groups excluding tert-OH is 1. The molecule has 1 aromatic heterocycles. The third-order valence-electron chi connectivity index (χ3n) is 7.03. The lowest BCUT2D eigenvalue weighted by molar-refractivity contribution is 0.0303. The molecule has 3 heterocycles. The van der Waals surface area contributed by atoms with Gasteiger partial charge in [-0.15, -0.1) is 10.2 Å². The van der Waals surface area contributed by atoms with Crippen LogP contribution in [0.3, 0.4) is 0 Å². The standard InChI is InChI=1S/C28H34N8O4/c1-18-4-6-19(7-5-18)26(38)31-22-3-2-12-36(17-22)28-32-25(23(24(29)37)33-34-28)30-21-10-8-20(9-11-21)27(39)35-13-15-40-16-14-35/h4-11,22,24,37H,2-3,12-17,29H2,1H3,(H,31,38)(H,30,32,34)/t22-,24?/m1/s1. The highest BCUT2D eigenvalue weighted by Crippen LogP contribution is 2.24. The van der Waals surface area contributed by atoms with Gasteiger partial charge >= 0.3 is 0 Å². The van der Waals surface area contributed by atoms with E-state index in [-0.39, 0.29) is 29.4 Å². The number of hydrogen-bond donors (Lipinski definition) is 4. The van der Waals surface area contributed by atoms with Crippen LogP contribution < -0.4 is 21.3 Å². The Morgan fingerprint density at radius 3 is 2.42 bits per heavy atom. The third kappa shape index (κ3) is 6.53. The summed E-state index contributed by atoms with van der Waals surface area (Å²) in [5.74, 6) is 0.455. The number of rotatable bonds is 7. The van der Waals surface area contributed by atoms with Crippen LogP contribution in [0.2, 0.25) is 0 Å². The van der Waals surface area contributed by atoms with E-state index >= 15 is 0 Å². The van der Waals surface area contributed by atoms with E-state index in [1.807, 2.05) is 36.1 Å². The average Bonchev–Trinajstić information content (AvgIpc) is 2.98. The number of aliphatic hydroxyl groups is 1. The van der Waals surface area contributed by atoms with Crippen molar-refractivity contribution in [2.75, 3.05) is 49.6 Å². The van der Waals surface area contributed by atoms with Gasteiger partial charge in [0.15, 0.2) is 12.0 Å². The molecule has 2 fully saturated rings. The molecule has 2 atom stereocenters. The van der Waals surface area contributed by atoms with Crippen molar-refractivity contribution in [1.82, 2.24) is 25.4 Å². The van der Waals surface area contributed by atoms with Gasteiger partial charge in [-0.05, 0) is 56.2 Å². The summed E-state index contributed by atoms with van der Waals surface area (Å²) >= 11 is 0. The molecule has 12 nitrogen and oxygen atoms in total. The topological polar surface area (TPSA) is 159 Å². The lowest BCUT2D eigenvalue weighted by atomic mass is 10.1. The van der Waals surface area contributed by atoms with Crippen molar-refractivity contribution >= 4 is 29.3 Å². The number of nitrogens with zero attached hydrogens (tertiary/aromatic N) is 5. The minimum atomic E-state index is -1.39. The second kappa shape index (κ2) is 12.4. The number of hydrogen-bond acceptors (Lipinski definition) is 10. The van der Waals surface area contributed by atoms with Gasteiger partial charge in [0, 0.05) is 49.0 Å². The predicted molar refractivity (Wildman–Crippen MR) is 149 cm³/mol. The zero-order valence-corrected chi connectivity index (χ0v) is 22.4. The number of amides is 2. The molecule has 3 aromatic rings. The van der Waals surface area contributed by atoms with Gasteiger partial charge in [-0.25, -0.2) is 0 Å². The Labute approximate surface area is 232 Å². The lowest BCUT2D eigenvalue weighted by Gasteiger charge is -2.33. The zero-order valence-electron chi connectivity index (χ0n) is 22.4. The van der Waals surface area contributed by atoms with E-state index in [0.717, 1.165) is 18.4 Å². The fourth-order valence-electron chi connectivity index (χ4n) is 4.78. The van der Waals surface area contributed by atoms with Crippen LogP contribution >= 0.6 is 0 Å². The molecule has 0 spiro atoms. The average molecular weight is 547 g/mol. The minimum Gasteiger partial charge on any atom is -0.378 e. The summed E-state index contributed by atoms with van der Waals surface area (Å²) in [6.45, 7) is 5.40. The van der Waals surface area contributed by atoms with E-state index in [4.69, 9.17) is 10.5 Å². The van der Waals surface area contributed by atoms with Gasteiger partial charge in [-0.2, -0.15) is 4.98 Å². The van der Waals surface area contributed by atoms with Crippen molar-refractivity contribution in [1.29, 1.82) is 0 Å². The maximum atomic E-state index is 12.8. The first-order valence-electron chi connectivity index (χ1n) is 13.4. The van der Waals surface area contributed by atoms with E-state index in [9.17, 15) is 14.7 Å². The van der Waals surface area contributed by atoms with Gasteiger partial charge in [0.05, 0.1) is 13.2 Å². The van der Waals surface area contributed by atoms with E-state index in [1.165, 1.54) is 0 Å². The number of nitrogens with two attached hydrogens (primary N) is 1. The predicted octanol–water partition coefficient (Wildman–Crippen LogP) is 1.74. The molecule has 2 saturated heterocycles. The van der Waals surface area contributed by atoms with Crippen LogP contribution in [0.4, 0.5) is 17.5 Å². The van der Waals surface area contributed by atoms with E-state index in [1.54, 1.807) is 29.2 Å². The molecule has 1 unspecified atom stereocenters. The molecule has 2 aromatic carbocycles. The Hall–Kier alpha value is -4.13. The quantitative estimate of drug-likeness (QED) is 0.322. The van der Waals surface area contributed by atoms with Gasteiger partial charge in [0.1, 0.15) is 5.69 Å². The molecule has 210 valence electrons. The van der Waals surface area contributed by atoms with Gasteiger partial charge in [0.25, 0.3) is 11.8 Å². The number of morpholine rings is 1. The molecule has 40 heavy (non-hydrogen) atoms. The molecule has 0 radical (unpaired) electrons. The van der Waals surface area contributed by atoms with Crippen LogP contribution in [0.1, 0.15) is 51.0 Å². The van der Waals surface area contributed by atoms with E-state index < -0.39 is 6.23 Å². The number of carbonyl (C=O) groups excluding carboxylic acids is 2. The Morgan fingerprint density at radius 2 is 1.73 bits per heavy atom. The van der Waals surface area contributed by atoms with Gasteiger partial charge in [0.2, 0.25) is 5.95 Å². The third-order valence-corrected chi connectivity index (χ3v) is 7.03. The maximum Gasteiger partial charge on any atom is 0.254 e. The molecule has 12 heteroatoms. The Bertz CT molecular complexity index is 1330. The highest BCUT2D eigenvalue weighted by molar-refractivity contribution is 5.95. The van der Waals surface area contributed by atoms with E-state index in [0.29, 0.717) is 62.2 Å². The molecule has 5 rings (SSSR count).